The number of hydrogen-bond donors (Lipinski definition) is 0. The van der Waals surface area contributed by atoms with Gasteiger partial charge in [-0.3, -0.25) is 0 Å². The molecule has 0 aromatic heterocycles. The van der Waals surface area contributed by atoms with Crippen LogP contribution in [0.15, 0.2) is 29.2 Å². The largest absolute Gasteiger partial charge is 0.130 e. The van der Waals surface area contributed by atoms with Gasteiger partial charge in [-0.25, -0.2) is 0 Å². The van der Waals surface area contributed by atoms with Gasteiger partial charge in [-0.05, 0) is 48.6 Å². The van der Waals surface area contributed by atoms with Gasteiger partial charge in [0.2, 0.25) is 0 Å². The van der Waals surface area contributed by atoms with Gasteiger partial charge in [0.15, 0.2) is 0 Å². The summed E-state index contributed by atoms with van der Waals surface area (Å²) in [5.74, 6) is 1.94. The minimum atomic E-state index is 0.972. The first kappa shape index (κ1) is 9.14. The first-order valence-electron chi connectivity index (χ1n) is 4.92. The van der Waals surface area contributed by atoms with Crippen LogP contribution in [0.25, 0.3) is 0 Å². The van der Waals surface area contributed by atoms with Gasteiger partial charge in [-0.15, -0.1) is 11.8 Å². The standard InChI is InChI=1S/C12H16S/c1-9-7-11(9)8-10-3-5-12(13-2)6-4-10/h3-6,9,11H,7-8H2,1-2H3/t9-,11+/m0/s1. The van der Waals surface area contributed by atoms with Crippen molar-refractivity contribution < 1.29 is 0 Å². The van der Waals surface area contributed by atoms with Gasteiger partial charge in [0.05, 0.1) is 0 Å². The Morgan fingerprint density at radius 2 is 1.92 bits per heavy atom. The molecule has 2 atom stereocenters. The Morgan fingerprint density at radius 3 is 2.38 bits per heavy atom. The Balaban J connectivity index is 1.97. The second kappa shape index (κ2) is 3.75. The summed E-state index contributed by atoms with van der Waals surface area (Å²) in [6, 6.07) is 9.01. The second-order valence-corrected chi connectivity index (χ2v) is 4.90. The smallest absolute Gasteiger partial charge is 0.00693 e. The monoisotopic (exact) mass is 192 g/mol. The SMILES string of the molecule is CSc1ccc(C[C@H]2C[C@@H]2C)cc1. The summed E-state index contributed by atoms with van der Waals surface area (Å²) in [5, 5.41) is 0. The van der Waals surface area contributed by atoms with E-state index in [0.29, 0.717) is 0 Å². The van der Waals surface area contributed by atoms with E-state index >= 15 is 0 Å². The van der Waals surface area contributed by atoms with Crippen molar-refractivity contribution in [1.82, 2.24) is 0 Å². The quantitative estimate of drug-likeness (QED) is 0.659. The molecule has 1 saturated carbocycles. The number of hydrogen-bond acceptors (Lipinski definition) is 1. The van der Waals surface area contributed by atoms with Crippen molar-refractivity contribution >= 4 is 11.8 Å². The molecule has 1 aliphatic carbocycles. The lowest BCUT2D eigenvalue weighted by molar-refractivity contribution is 0.746. The van der Waals surface area contributed by atoms with Crippen molar-refractivity contribution in [2.45, 2.75) is 24.7 Å². The maximum atomic E-state index is 2.35. The van der Waals surface area contributed by atoms with E-state index in [1.807, 2.05) is 11.8 Å². The molecule has 0 aliphatic heterocycles. The summed E-state index contributed by atoms with van der Waals surface area (Å²) >= 11 is 1.81. The third-order valence-corrected chi connectivity index (χ3v) is 3.68. The predicted molar refractivity (Wildman–Crippen MR) is 59.2 cm³/mol. The molecule has 1 aromatic carbocycles. The van der Waals surface area contributed by atoms with Crippen LogP contribution in [-0.2, 0) is 6.42 Å². The zero-order valence-electron chi connectivity index (χ0n) is 8.29. The van der Waals surface area contributed by atoms with Crippen LogP contribution >= 0.6 is 11.8 Å². The van der Waals surface area contributed by atoms with Crippen LogP contribution in [0.2, 0.25) is 0 Å². The van der Waals surface area contributed by atoms with E-state index in [-0.39, 0.29) is 0 Å². The molecule has 0 amide bonds. The van der Waals surface area contributed by atoms with Crippen LogP contribution in [0, 0.1) is 11.8 Å². The van der Waals surface area contributed by atoms with Crippen LogP contribution in [0.5, 0.6) is 0 Å². The Bertz CT molecular complexity index is 276. The zero-order chi connectivity index (χ0) is 9.26. The maximum absolute atomic E-state index is 2.35. The molecule has 0 N–H and O–H groups in total. The van der Waals surface area contributed by atoms with Gasteiger partial charge in [0.1, 0.15) is 0 Å². The molecule has 0 heterocycles. The molecule has 0 radical (unpaired) electrons. The van der Waals surface area contributed by atoms with Crippen LogP contribution in [-0.4, -0.2) is 6.26 Å². The summed E-state index contributed by atoms with van der Waals surface area (Å²) in [6.07, 6.45) is 4.85. The first-order chi connectivity index (χ1) is 6.29. The fourth-order valence-corrected chi connectivity index (χ4v) is 2.16. The van der Waals surface area contributed by atoms with Crippen LogP contribution < -0.4 is 0 Å². The minimum absolute atomic E-state index is 0.972. The molecule has 1 fully saturated rings. The highest BCUT2D eigenvalue weighted by atomic mass is 32.2. The highest BCUT2D eigenvalue weighted by Gasteiger charge is 2.31. The molecular formula is C12H16S. The van der Waals surface area contributed by atoms with Gasteiger partial charge < -0.3 is 0 Å². The molecule has 0 spiro atoms. The second-order valence-electron chi connectivity index (χ2n) is 4.03. The number of rotatable bonds is 3. The molecule has 1 aromatic rings. The molecule has 70 valence electrons. The molecule has 1 aliphatic rings. The van der Waals surface area contributed by atoms with Gasteiger partial charge in [-0.1, -0.05) is 19.1 Å². The maximum Gasteiger partial charge on any atom is 0.00693 e. The molecule has 0 nitrogen and oxygen atoms in total. The minimum Gasteiger partial charge on any atom is -0.130 e. The van der Waals surface area contributed by atoms with Gasteiger partial charge in [0.25, 0.3) is 0 Å². The van der Waals surface area contributed by atoms with Crippen molar-refractivity contribution in [2.24, 2.45) is 11.8 Å². The van der Waals surface area contributed by atoms with Gasteiger partial charge in [0, 0.05) is 4.90 Å². The molecule has 1 heteroatoms. The Labute approximate surface area is 84.7 Å². The van der Waals surface area contributed by atoms with E-state index in [1.165, 1.54) is 23.3 Å². The van der Waals surface area contributed by atoms with Crippen molar-refractivity contribution in [2.75, 3.05) is 6.26 Å². The number of thioether (sulfide) groups is 1. The lowest BCUT2D eigenvalue weighted by atomic mass is 10.1. The van der Waals surface area contributed by atoms with Crippen molar-refractivity contribution in [3.8, 4) is 0 Å². The van der Waals surface area contributed by atoms with E-state index < -0.39 is 0 Å². The fourth-order valence-electron chi connectivity index (χ4n) is 1.75. The summed E-state index contributed by atoms with van der Waals surface area (Å²) in [4.78, 5) is 1.37. The molecule has 2 rings (SSSR count). The van der Waals surface area contributed by atoms with E-state index in [0.717, 1.165) is 11.8 Å². The van der Waals surface area contributed by atoms with E-state index in [1.54, 1.807) is 0 Å². The third-order valence-electron chi connectivity index (χ3n) is 2.93. The summed E-state index contributed by atoms with van der Waals surface area (Å²) in [7, 11) is 0. The number of benzene rings is 1. The third kappa shape index (κ3) is 2.28. The topological polar surface area (TPSA) is 0 Å². The summed E-state index contributed by atoms with van der Waals surface area (Å²) in [5.41, 5.74) is 1.51. The van der Waals surface area contributed by atoms with Crippen molar-refractivity contribution in [3.63, 3.8) is 0 Å². The molecule has 13 heavy (non-hydrogen) atoms. The van der Waals surface area contributed by atoms with Crippen LogP contribution in [0.3, 0.4) is 0 Å². The highest BCUT2D eigenvalue weighted by molar-refractivity contribution is 7.98. The van der Waals surface area contributed by atoms with Gasteiger partial charge in [-0.2, -0.15) is 0 Å². The summed E-state index contributed by atoms with van der Waals surface area (Å²) in [6.45, 7) is 2.35. The van der Waals surface area contributed by atoms with E-state index in [2.05, 4.69) is 37.4 Å². The molecule has 0 saturated heterocycles. The summed E-state index contributed by atoms with van der Waals surface area (Å²) < 4.78 is 0. The van der Waals surface area contributed by atoms with E-state index in [9.17, 15) is 0 Å². The predicted octanol–water partition coefficient (Wildman–Crippen LogP) is 3.61. The lowest BCUT2D eigenvalue weighted by Gasteiger charge is -2.00. The normalized spacial score (nSPS) is 26.0. The Kier molecular flexibility index (Phi) is 2.63. The first-order valence-corrected chi connectivity index (χ1v) is 6.15. The Hall–Kier alpha value is -0.430. The highest BCUT2D eigenvalue weighted by Crippen LogP contribution is 2.40. The van der Waals surface area contributed by atoms with Crippen molar-refractivity contribution in [3.05, 3.63) is 29.8 Å². The van der Waals surface area contributed by atoms with Crippen LogP contribution in [0.1, 0.15) is 18.9 Å². The molecule has 0 bridgehead atoms. The van der Waals surface area contributed by atoms with Crippen molar-refractivity contribution in [1.29, 1.82) is 0 Å². The van der Waals surface area contributed by atoms with E-state index in [4.69, 9.17) is 0 Å². The average molecular weight is 192 g/mol. The lowest BCUT2D eigenvalue weighted by Crippen LogP contribution is -1.87. The average Bonchev–Trinajstić information content (AvgIpc) is 2.83. The fraction of sp³-hybridized carbons (Fsp3) is 0.500. The molecular weight excluding hydrogens is 176 g/mol. The Morgan fingerprint density at radius 1 is 1.31 bits per heavy atom. The van der Waals surface area contributed by atoms with Crippen LogP contribution in [0.4, 0.5) is 0 Å². The zero-order valence-corrected chi connectivity index (χ0v) is 9.10. The molecule has 0 unspecified atom stereocenters. The van der Waals surface area contributed by atoms with Gasteiger partial charge >= 0.3 is 0 Å².